The van der Waals surface area contributed by atoms with Gasteiger partial charge in [-0.2, -0.15) is 5.10 Å². The summed E-state index contributed by atoms with van der Waals surface area (Å²) in [6.45, 7) is 4.29. The fourth-order valence-electron chi connectivity index (χ4n) is 4.10. The molecule has 2 aromatic rings. The molecule has 1 saturated carbocycles. The molecule has 1 saturated heterocycles. The Morgan fingerprint density at radius 1 is 1.15 bits per heavy atom. The van der Waals surface area contributed by atoms with E-state index in [9.17, 15) is 9.90 Å². The molecule has 27 heavy (non-hydrogen) atoms. The smallest absolute Gasteiger partial charge is 0.337 e. The number of aryl methyl sites for hydroxylation is 1. The SMILES string of the molecule is Cc1nn([C@H]2CCCN(C3CCC3)CC2)cc1Nc1cnccc1C(=O)O. The number of carboxylic acid groups (broad SMARTS) is 1. The fourth-order valence-corrected chi connectivity index (χ4v) is 4.10. The summed E-state index contributed by atoms with van der Waals surface area (Å²) < 4.78 is 2.07. The first-order valence-electron chi connectivity index (χ1n) is 9.86. The van der Waals surface area contributed by atoms with Crippen LogP contribution >= 0.6 is 0 Å². The highest BCUT2D eigenvalue weighted by Crippen LogP contribution is 2.31. The van der Waals surface area contributed by atoms with E-state index < -0.39 is 5.97 Å². The molecule has 2 fully saturated rings. The maximum atomic E-state index is 11.4. The van der Waals surface area contributed by atoms with Crippen molar-refractivity contribution in [1.82, 2.24) is 19.7 Å². The molecule has 2 N–H and O–H groups in total. The quantitative estimate of drug-likeness (QED) is 0.838. The van der Waals surface area contributed by atoms with Gasteiger partial charge < -0.3 is 15.3 Å². The molecular formula is C20H27N5O2. The molecule has 0 bridgehead atoms. The zero-order chi connectivity index (χ0) is 18.8. The molecule has 1 aliphatic heterocycles. The van der Waals surface area contributed by atoms with Crippen molar-refractivity contribution in [2.75, 3.05) is 18.4 Å². The van der Waals surface area contributed by atoms with Crippen molar-refractivity contribution in [3.05, 3.63) is 35.9 Å². The molecule has 0 amide bonds. The van der Waals surface area contributed by atoms with Crippen LogP contribution in [0.15, 0.2) is 24.7 Å². The molecule has 0 aromatic carbocycles. The molecule has 2 aromatic heterocycles. The summed E-state index contributed by atoms with van der Waals surface area (Å²) in [5.74, 6) is -0.968. The van der Waals surface area contributed by atoms with Gasteiger partial charge in [-0.15, -0.1) is 0 Å². The van der Waals surface area contributed by atoms with Gasteiger partial charge in [0, 0.05) is 25.0 Å². The average Bonchev–Trinajstić information content (AvgIpc) is 2.81. The van der Waals surface area contributed by atoms with Gasteiger partial charge in [0.05, 0.1) is 34.9 Å². The van der Waals surface area contributed by atoms with Gasteiger partial charge in [0.15, 0.2) is 0 Å². The van der Waals surface area contributed by atoms with E-state index in [2.05, 4.69) is 19.9 Å². The van der Waals surface area contributed by atoms with Crippen molar-refractivity contribution in [3.8, 4) is 0 Å². The number of carbonyl (C=O) groups is 1. The minimum atomic E-state index is -0.968. The molecule has 2 aliphatic rings. The Labute approximate surface area is 159 Å². The van der Waals surface area contributed by atoms with Crippen LogP contribution in [0.1, 0.15) is 60.6 Å². The summed E-state index contributed by atoms with van der Waals surface area (Å²) in [6.07, 6.45) is 12.6. The Morgan fingerprint density at radius 2 is 1.96 bits per heavy atom. The van der Waals surface area contributed by atoms with Crippen LogP contribution in [-0.4, -0.2) is 49.9 Å². The van der Waals surface area contributed by atoms with E-state index in [0.29, 0.717) is 11.7 Å². The van der Waals surface area contributed by atoms with Crippen molar-refractivity contribution in [2.24, 2.45) is 0 Å². The highest BCUT2D eigenvalue weighted by molar-refractivity contribution is 5.94. The second-order valence-corrected chi connectivity index (χ2v) is 7.67. The van der Waals surface area contributed by atoms with Gasteiger partial charge in [0.1, 0.15) is 0 Å². The molecule has 144 valence electrons. The molecule has 0 unspecified atom stereocenters. The zero-order valence-corrected chi connectivity index (χ0v) is 15.8. The number of aromatic carboxylic acids is 1. The topological polar surface area (TPSA) is 83.3 Å². The lowest BCUT2D eigenvalue weighted by Crippen LogP contribution is -2.40. The largest absolute Gasteiger partial charge is 0.478 e. The summed E-state index contributed by atoms with van der Waals surface area (Å²) >= 11 is 0. The summed E-state index contributed by atoms with van der Waals surface area (Å²) in [7, 11) is 0. The van der Waals surface area contributed by atoms with E-state index in [1.165, 1.54) is 44.5 Å². The minimum absolute atomic E-state index is 0.211. The second kappa shape index (κ2) is 7.68. The number of likely N-dealkylation sites (tertiary alicyclic amines) is 1. The molecule has 0 radical (unpaired) electrons. The predicted molar refractivity (Wildman–Crippen MR) is 104 cm³/mol. The van der Waals surface area contributed by atoms with E-state index in [4.69, 9.17) is 5.10 Å². The van der Waals surface area contributed by atoms with Gasteiger partial charge in [0.2, 0.25) is 0 Å². The average molecular weight is 369 g/mol. The van der Waals surface area contributed by atoms with E-state index in [0.717, 1.165) is 36.8 Å². The Bertz CT molecular complexity index is 814. The number of carboxylic acids is 1. The molecule has 1 atom stereocenters. The minimum Gasteiger partial charge on any atom is -0.478 e. The van der Waals surface area contributed by atoms with Gasteiger partial charge in [-0.3, -0.25) is 9.67 Å². The first kappa shape index (κ1) is 18.0. The van der Waals surface area contributed by atoms with E-state index in [-0.39, 0.29) is 5.56 Å². The number of hydrogen-bond donors (Lipinski definition) is 2. The first-order valence-corrected chi connectivity index (χ1v) is 9.86. The molecule has 3 heterocycles. The molecule has 4 rings (SSSR count). The number of pyridine rings is 1. The maximum Gasteiger partial charge on any atom is 0.337 e. The number of hydrogen-bond acceptors (Lipinski definition) is 5. The lowest BCUT2D eigenvalue weighted by atomic mass is 9.91. The monoisotopic (exact) mass is 369 g/mol. The molecule has 0 spiro atoms. The van der Waals surface area contributed by atoms with E-state index >= 15 is 0 Å². The van der Waals surface area contributed by atoms with Crippen LogP contribution in [0.25, 0.3) is 0 Å². The van der Waals surface area contributed by atoms with E-state index in [1.54, 1.807) is 6.20 Å². The van der Waals surface area contributed by atoms with Crippen molar-refractivity contribution in [2.45, 2.75) is 57.5 Å². The van der Waals surface area contributed by atoms with Crippen LogP contribution in [0.5, 0.6) is 0 Å². The lowest BCUT2D eigenvalue weighted by molar-refractivity contribution is 0.0698. The number of aromatic nitrogens is 3. The van der Waals surface area contributed by atoms with Crippen molar-refractivity contribution >= 4 is 17.3 Å². The first-order chi connectivity index (χ1) is 13.1. The van der Waals surface area contributed by atoms with Crippen molar-refractivity contribution in [3.63, 3.8) is 0 Å². The zero-order valence-electron chi connectivity index (χ0n) is 15.8. The number of nitrogens with zero attached hydrogens (tertiary/aromatic N) is 4. The Morgan fingerprint density at radius 3 is 2.70 bits per heavy atom. The summed E-state index contributed by atoms with van der Waals surface area (Å²) in [5, 5.41) is 17.3. The highest BCUT2D eigenvalue weighted by Gasteiger charge is 2.28. The van der Waals surface area contributed by atoms with Crippen LogP contribution in [-0.2, 0) is 0 Å². The molecule has 7 nitrogen and oxygen atoms in total. The maximum absolute atomic E-state index is 11.4. The number of rotatable bonds is 5. The van der Waals surface area contributed by atoms with Crippen LogP contribution in [0, 0.1) is 6.92 Å². The number of nitrogens with one attached hydrogen (secondary N) is 1. The van der Waals surface area contributed by atoms with E-state index in [1.807, 2.05) is 13.1 Å². The summed E-state index contributed by atoms with van der Waals surface area (Å²) in [6, 6.07) is 2.71. The molecule has 1 aliphatic carbocycles. The third kappa shape index (κ3) is 3.83. The predicted octanol–water partition coefficient (Wildman–Crippen LogP) is 3.61. The van der Waals surface area contributed by atoms with Gasteiger partial charge >= 0.3 is 5.97 Å². The number of anilines is 2. The van der Waals surface area contributed by atoms with Gasteiger partial charge in [-0.05, 0) is 51.6 Å². The van der Waals surface area contributed by atoms with Gasteiger partial charge in [-0.1, -0.05) is 6.42 Å². The van der Waals surface area contributed by atoms with Crippen molar-refractivity contribution in [1.29, 1.82) is 0 Å². The molecular weight excluding hydrogens is 342 g/mol. The fraction of sp³-hybridized carbons (Fsp3) is 0.550. The standard InChI is InChI=1S/C20H27N5O2/c1-14-19(22-18-12-21-9-7-17(18)20(26)27)13-25(23-14)16-6-3-10-24(11-8-16)15-4-2-5-15/h7,9,12-13,15-16,22H,2-6,8,10-11H2,1H3,(H,26,27)/t16-/m0/s1. The lowest BCUT2D eigenvalue weighted by Gasteiger charge is -2.36. The Hall–Kier alpha value is -2.41. The van der Waals surface area contributed by atoms with Crippen LogP contribution in [0.3, 0.4) is 0 Å². The van der Waals surface area contributed by atoms with Gasteiger partial charge in [-0.25, -0.2) is 4.79 Å². The van der Waals surface area contributed by atoms with Crippen molar-refractivity contribution < 1.29 is 9.90 Å². The Kier molecular flexibility index (Phi) is 5.11. The van der Waals surface area contributed by atoms with Gasteiger partial charge in [0.25, 0.3) is 0 Å². The third-order valence-corrected chi connectivity index (χ3v) is 5.93. The summed E-state index contributed by atoms with van der Waals surface area (Å²) in [4.78, 5) is 18.1. The summed E-state index contributed by atoms with van der Waals surface area (Å²) in [5.41, 5.74) is 2.41. The van der Waals surface area contributed by atoms with Crippen LogP contribution in [0.4, 0.5) is 11.4 Å². The normalized spacial score (nSPS) is 21.4. The third-order valence-electron chi connectivity index (χ3n) is 5.93. The highest BCUT2D eigenvalue weighted by atomic mass is 16.4. The second-order valence-electron chi connectivity index (χ2n) is 7.67. The Balaban J connectivity index is 1.47. The van der Waals surface area contributed by atoms with Crippen LogP contribution < -0.4 is 5.32 Å². The van der Waals surface area contributed by atoms with Crippen LogP contribution in [0.2, 0.25) is 0 Å². The molecule has 7 heteroatoms.